The van der Waals surface area contributed by atoms with Crippen molar-refractivity contribution in [2.24, 2.45) is 0 Å². The van der Waals surface area contributed by atoms with Gasteiger partial charge in [0.2, 0.25) is 0 Å². The van der Waals surface area contributed by atoms with Crippen molar-refractivity contribution in [1.82, 2.24) is 24.4 Å². The molecule has 0 atom stereocenters. The van der Waals surface area contributed by atoms with Gasteiger partial charge in [0, 0.05) is 32.2 Å². The molecule has 7 rings (SSSR count). The van der Waals surface area contributed by atoms with Crippen LogP contribution in [0.1, 0.15) is 44.6 Å². The van der Waals surface area contributed by atoms with E-state index in [1.165, 1.54) is 0 Å². The average molecular weight is 633 g/mol. The van der Waals surface area contributed by atoms with Gasteiger partial charge < -0.3 is 29.0 Å². The molecule has 11 heteroatoms. The lowest BCUT2D eigenvalue weighted by atomic mass is 9.97. The predicted molar refractivity (Wildman–Crippen MR) is 178 cm³/mol. The Balaban J connectivity index is 1.36. The summed E-state index contributed by atoms with van der Waals surface area (Å²) in [6.45, 7) is 2.15. The smallest absolute Gasteiger partial charge is 0.328 e. The lowest BCUT2D eigenvalue weighted by molar-refractivity contribution is 0.0816. The molecular formula is C36H36N6O5. The lowest BCUT2D eigenvalue weighted by Gasteiger charge is -2.25. The lowest BCUT2D eigenvalue weighted by Crippen LogP contribution is -2.24. The van der Waals surface area contributed by atoms with E-state index in [0.717, 1.165) is 39.3 Å². The molecule has 1 N–H and O–H groups in total. The van der Waals surface area contributed by atoms with Crippen molar-refractivity contribution in [3.8, 4) is 17.5 Å². The van der Waals surface area contributed by atoms with Crippen LogP contribution in [0.2, 0.25) is 0 Å². The number of fused-ring (bicyclic) bond motifs is 5. The fraction of sp³-hybridized carbons (Fsp3) is 0.278. The number of allylic oxidation sites excluding steroid dienone is 1. The Morgan fingerprint density at radius 3 is 2.23 bits per heavy atom. The van der Waals surface area contributed by atoms with Gasteiger partial charge in [-0.3, -0.25) is 9.36 Å². The number of nitrogens with one attached hydrogen (secondary N) is 1. The Hall–Kier alpha value is -5.58. The maximum atomic E-state index is 13.7. The van der Waals surface area contributed by atoms with Gasteiger partial charge in [-0.05, 0) is 71.0 Å². The standard InChI is InChI=1S/C36H36N6O5/c1-40-22-30-26-7-5-4-6-16-47-35-38-32(31-33(39-35)42(36(44)37-31)21-25(17-26)18-29(30)34(40)43)41(19-23-8-12-27(45-2)13-9-23)20-24-10-14-28(46-3)15-11-24/h4-5,8-15,17-18H,6-7,16,19-22H2,1-3H3,(H,37,44)/b5-4+. The first-order valence-corrected chi connectivity index (χ1v) is 15.6. The van der Waals surface area contributed by atoms with Crippen LogP contribution in [0.4, 0.5) is 5.82 Å². The Morgan fingerprint density at radius 1 is 0.894 bits per heavy atom. The highest BCUT2D eigenvalue weighted by atomic mass is 16.5. The van der Waals surface area contributed by atoms with Crippen LogP contribution >= 0.6 is 0 Å². The van der Waals surface area contributed by atoms with Crippen molar-refractivity contribution in [2.75, 3.05) is 32.8 Å². The Morgan fingerprint density at radius 2 is 1.57 bits per heavy atom. The van der Waals surface area contributed by atoms with Crippen molar-refractivity contribution < 1.29 is 19.0 Å². The summed E-state index contributed by atoms with van der Waals surface area (Å²) in [6, 6.07) is 19.9. The second-order valence-corrected chi connectivity index (χ2v) is 11.9. The van der Waals surface area contributed by atoms with Crippen LogP contribution in [0.3, 0.4) is 0 Å². The van der Waals surface area contributed by atoms with Gasteiger partial charge in [0.05, 0.1) is 27.4 Å². The van der Waals surface area contributed by atoms with E-state index < -0.39 is 0 Å². The summed E-state index contributed by atoms with van der Waals surface area (Å²) in [7, 11) is 5.10. The van der Waals surface area contributed by atoms with Gasteiger partial charge in [-0.15, -0.1) is 0 Å². The van der Waals surface area contributed by atoms with Crippen LogP contribution in [-0.2, 0) is 32.6 Å². The normalized spacial score (nSPS) is 14.9. The summed E-state index contributed by atoms with van der Waals surface area (Å²) >= 11 is 0. The molecule has 2 aliphatic heterocycles. The molecule has 0 saturated carbocycles. The third-order valence-electron chi connectivity index (χ3n) is 8.68. The summed E-state index contributed by atoms with van der Waals surface area (Å²) in [5.41, 5.74) is 6.35. The number of H-pyrrole nitrogens is 1. The minimum atomic E-state index is -0.320. The van der Waals surface area contributed by atoms with Gasteiger partial charge in [-0.25, -0.2) is 4.79 Å². The maximum Gasteiger partial charge on any atom is 0.328 e. The number of ether oxygens (including phenoxy) is 3. The summed E-state index contributed by atoms with van der Waals surface area (Å²) in [5, 5.41) is 0. The number of anilines is 1. The number of amides is 1. The van der Waals surface area contributed by atoms with E-state index in [4.69, 9.17) is 24.2 Å². The maximum absolute atomic E-state index is 13.7. The minimum absolute atomic E-state index is 0.00697. The second kappa shape index (κ2) is 12.7. The quantitative estimate of drug-likeness (QED) is 0.253. The summed E-state index contributed by atoms with van der Waals surface area (Å²) in [6.07, 6.45) is 5.52. The first kappa shape index (κ1) is 30.1. The SMILES string of the molecule is COc1ccc(CN(Cc2ccc(OC)cc2)c2nc3nc4c2[nH]c(=O)n4Cc2cc(c4c(c2)C(=O)N(C)C4)C/C=C/CCO3)cc1. The Kier molecular flexibility index (Phi) is 8.11. The second-order valence-electron chi connectivity index (χ2n) is 11.9. The molecule has 3 aromatic carbocycles. The van der Waals surface area contributed by atoms with E-state index in [1.807, 2.05) is 61.6 Å². The zero-order chi connectivity index (χ0) is 32.5. The van der Waals surface area contributed by atoms with Crippen molar-refractivity contribution in [2.45, 2.75) is 39.0 Å². The molecule has 47 heavy (non-hydrogen) atoms. The van der Waals surface area contributed by atoms with Crippen molar-refractivity contribution in [1.29, 1.82) is 0 Å². The van der Waals surface area contributed by atoms with E-state index in [9.17, 15) is 9.59 Å². The number of methoxy groups -OCH3 is 2. The van der Waals surface area contributed by atoms with E-state index in [1.54, 1.807) is 23.7 Å². The van der Waals surface area contributed by atoms with Crippen molar-refractivity contribution in [3.05, 3.63) is 117 Å². The topological polar surface area (TPSA) is 115 Å². The van der Waals surface area contributed by atoms with Gasteiger partial charge in [0.1, 0.15) is 17.0 Å². The van der Waals surface area contributed by atoms with Crippen molar-refractivity contribution >= 4 is 22.9 Å². The van der Waals surface area contributed by atoms with Crippen LogP contribution in [-0.4, -0.2) is 58.2 Å². The van der Waals surface area contributed by atoms with Crippen LogP contribution in [0.15, 0.2) is 77.6 Å². The number of rotatable bonds is 7. The molecule has 2 aliphatic rings. The number of hydrogen-bond acceptors (Lipinski definition) is 8. The zero-order valence-corrected chi connectivity index (χ0v) is 26.7. The molecule has 0 aliphatic carbocycles. The van der Waals surface area contributed by atoms with Gasteiger partial charge in [-0.2, -0.15) is 9.97 Å². The molecule has 0 saturated heterocycles. The number of aromatic nitrogens is 4. The van der Waals surface area contributed by atoms with Gasteiger partial charge >= 0.3 is 11.7 Å². The molecule has 0 fully saturated rings. The van der Waals surface area contributed by atoms with E-state index in [-0.39, 0.29) is 24.2 Å². The monoisotopic (exact) mass is 632 g/mol. The highest BCUT2D eigenvalue weighted by molar-refractivity contribution is 5.98. The Labute approximate surface area is 272 Å². The fourth-order valence-electron chi connectivity index (χ4n) is 6.24. The van der Waals surface area contributed by atoms with Crippen LogP contribution < -0.4 is 24.8 Å². The molecule has 4 bridgehead atoms. The van der Waals surface area contributed by atoms with Gasteiger partial charge in [-0.1, -0.05) is 42.5 Å². The van der Waals surface area contributed by atoms with Crippen LogP contribution in [0.25, 0.3) is 11.2 Å². The Bertz CT molecular complexity index is 1980. The fourth-order valence-corrected chi connectivity index (χ4v) is 6.24. The highest BCUT2D eigenvalue weighted by Gasteiger charge is 2.28. The van der Waals surface area contributed by atoms with Gasteiger partial charge in [0.25, 0.3) is 5.91 Å². The average Bonchev–Trinajstić information content (AvgIpc) is 3.56. The largest absolute Gasteiger partial charge is 0.497 e. The zero-order valence-electron chi connectivity index (χ0n) is 26.7. The summed E-state index contributed by atoms with van der Waals surface area (Å²) < 4.78 is 18.5. The van der Waals surface area contributed by atoms with E-state index in [0.29, 0.717) is 61.6 Å². The third-order valence-corrected chi connectivity index (χ3v) is 8.68. The number of nitrogens with zero attached hydrogens (tertiary/aromatic N) is 5. The first-order valence-electron chi connectivity index (χ1n) is 15.6. The molecule has 240 valence electrons. The number of carbonyl (C=O) groups is 1. The third kappa shape index (κ3) is 6.04. The van der Waals surface area contributed by atoms with Crippen LogP contribution in [0, 0.1) is 0 Å². The molecule has 0 spiro atoms. The summed E-state index contributed by atoms with van der Waals surface area (Å²) in [5.74, 6) is 2.07. The molecule has 0 radical (unpaired) electrons. The predicted octanol–water partition coefficient (Wildman–Crippen LogP) is 4.86. The van der Waals surface area contributed by atoms with E-state index in [2.05, 4.69) is 28.1 Å². The number of carbonyl (C=O) groups excluding carboxylic acids is 1. The van der Waals surface area contributed by atoms with E-state index >= 15 is 0 Å². The number of benzene rings is 3. The molecule has 0 unspecified atom stereocenters. The number of imidazole rings is 1. The first-order chi connectivity index (χ1) is 22.9. The molecule has 5 aromatic rings. The molecule has 2 aromatic heterocycles. The highest BCUT2D eigenvalue weighted by Crippen LogP contribution is 2.31. The van der Waals surface area contributed by atoms with Crippen LogP contribution in [0.5, 0.6) is 17.5 Å². The minimum Gasteiger partial charge on any atom is -0.497 e. The van der Waals surface area contributed by atoms with Gasteiger partial charge in [0.15, 0.2) is 11.5 Å². The number of aromatic amines is 1. The molecule has 11 nitrogen and oxygen atoms in total. The number of hydrogen-bond donors (Lipinski definition) is 1. The molecule has 1 amide bonds. The molecular weight excluding hydrogens is 596 g/mol. The van der Waals surface area contributed by atoms with Crippen molar-refractivity contribution in [3.63, 3.8) is 0 Å². The summed E-state index contributed by atoms with van der Waals surface area (Å²) in [4.78, 5) is 43.2. The molecule has 4 heterocycles.